The Bertz CT molecular complexity index is 582. The van der Waals surface area contributed by atoms with Crippen molar-refractivity contribution in [3.05, 3.63) is 64.7 Å². The Hall–Kier alpha value is -1.94. The number of halogens is 2. The van der Waals surface area contributed by atoms with E-state index in [2.05, 4.69) is 42.1 Å². The Labute approximate surface area is 123 Å². The van der Waals surface area contributed by atoms with Crippen molar-refractivity contribution >= 4 is 0 Å². The maximum Gasteiger partial charge on any atom is 0.387 e. The molecule has 112 valence electrons. The zero-order valence-corrected chi connectivity index (χ0v) is 12.2. The molecule has 0 bridgehead atoms. The van der Waals surface area contributed by atoms with E-state index in [-0.39, 0.29) is 5.75 Å². The van der Waals surface area contributed by atoms with Crippen LogP contribution in [0, 0.1) is 13.8 Å². The largest absolute Gasteiger partial charge is 0.435 e. The minimum atomic E-state index is -2.78. The van der Waals surface area contributed by atoms with Crippen molar-refractivity contribution in [2.75, 3.05) is 0 Å². The molecule has 0 aliphatic rings. The number of ether oxygens (including phenoxy) is 1. The van der Waals surface area contributed by atoms with Crippen molar-refractivity contribution in [2.45, 2.75) is 33.5 Å². The van der Waals surface area contributed by atoms with Crippen LogP contribution in [0.1, 0.15) is 22.3 Å². The van der Waals surface area contributed by atoms with Gasteiger partial charge in [-0.25, -0.2) is 0 Å². The first-order valence-corrected chi connectivity index (χ1v) is 6.85. The molecule has 0 amide bonds. The van der Waals surface area contributed by atoms with Crippen LogP contribution in [0.4, 0.5) is 8.78 Å². The third kappa shape index (κ3) is 4.83. The highest BCUT2D eigenvalue weighted by atomic mass is 19.3. The second-order valence-corrected chi connectivity index (χ2v) is 5.06. The van der Waals surface area contributed by atoms with Crippen molar-refractivity contribution in [2.24, 2.45) is 0 Å². The molecule has 2 nitrogen and oxygen atoms in total. The second kappa shape index (κ2) is 7.18. The van der Waals surface area contributed by atoms with Crippen LogP contribution >= 0.6 is 0 Å². The third-order valence-electron chi connectivity index (χ3n) is 3.30. The number of nitrogens with one attached hydrogen (secondary N) is 1. The summed E-state index contributed by atoms with van der Waals surface area (Å²) in [5.74, 6) is 0.184. The van der Waals surface area contributed by atoms with E-state index in [4.69, 9.17) is 0 Å². The van der Waals surface area contributed by atoms with Crippen LogP contribution in [0.2, 0.25) is 0 Å². The summed E-state index contributed by atoms with van der Waals surface area (Å²) < 4.78 is 28.4. The SMILES string of the molecule is Cc1ccc(C)c(CNCc2ccc(OC(F)F)cc2)c1. The second-order valence-electron chi connectivity index (χ2n) is 5.06. The smallest absolute Gasteiger partial charge is 0.387 e. The maximum absolute atomic E-state index is 12.0. The van der Waals surface area contributed by atoms with Gasteiger partial charge in [0.15, 0.2) is 0 Å². The summed E-state index contributed by atoms with van der Waals surface area (Å²) in [5.41, 5.74) is 4.80. The number of hydrogen-bond acceptors (Lipinski definition) is 2. The van der Waals surface area contributed by atoms with Gasteiger partial charge in [0.25, 0.3) is 0 Å². The van der Waals surface area contributed by atoms with Gasteiger partial charge < -0.3 is 10.1 Å². The quantitative estimate of drug-likeness (QED) is 0.861. The zero-order valence-electron chi connectivity index (χ0n) is 12.2. The van der Waals surface area contributed by atoms with Crippen LogP contribution in [0.5, 0.6) is 5.75 Å². The molecule has 21 heavy (non-hydrogen) atoms. The monoisotopic (exact) mass is 291 g/mol. The van der Waals surface area contributed by atoms with Crippen molar-refractivity contribution in [3.8, 4) is 5.75 Å². The first-order valence-electron chi connectivity index (χ1n) is 6.85. The molecule has 0 saturated carbocycles. The van der Waals surface area contributed by atoms with Gasteiger partial charge in [0.1, 0.15) is 5.75 Å². The van der Waals surface area contributed by atoms with Gasteiger partial charge in [0, 0.05) is 13.1 Å². The van der Waals surface area contributed by atoms with Crippen molar-refractivity contribution in [3.63, 3.8) is 0 Å². The molecule has 4 heteroatoms. The van der Waals surface area contributed by atoms with Crippen molar-refractivity contribution < 1.29 is 13.5 Å². The van der Waals surface area contributed by atoms with E-state index in [0.29, 0.717) is 6.54 Å². The van der Waals surface area contributed by atoms with E-state index in [1.165, 1.54) is 16.7 Å². The highest BCUT2D eigenvalue weighted by Crippen LogP contribution is 2.15. The molecule has 0 saturated heterocycles. The minimum absolute atomic E-state index is 0.184. The highest BCUT2D eigenvalue weighted by molar-refractivity contribution is 5.31. The average molecular weight is 291 g/mol. The fraction of sp³-hybridized carbons (Fsp3) is 0.294. The summed E-state index contributed by atoms with van der Waals surface area (Å²) in [6.07, 6.45) is 0. The predicted octanol–water partition coefficient (Wildman–Crippen LogP) is 4.19. The minimum Gasteiger partial charge on any atom is -0.435 e. The summed E-state index contributed by atoms with van der Waals surface area (Å²) in [6, 6.07) is 13.1. The van der Waals surface area contributed by atoms with Crippen LogP contribution in [0.3, 0.4) is 0 Å². The first-order chi connectivity index (χ1) is 10.0. The Kier molecular flexibility index (Phi) is 5.28. The molecular formula is C17H19F2NO. The molecule has 0 spiro atoms. The summed E-state index contributed by atoms with van der Waals surface area (Å²) >= 11 is 0. The molecule has 1 N–H and O–H groups in total. The fourth-order valence-electron chi connectivity index (χ4n) is 2.12. The van der Waals surface area contributed by atoms with Gasteiger partial charge in [0.05, 0.1) is 0 Å². The van der Waals surface area contributed by atoms with Crippen LogP contribution in [0.25, 0.3) is 0 Å². The number of aryl methyl sites for hydroxylation is 2. The summed E-state index contributed by atoms with van der Waals surface area (Å²) in [7, 11) is 0. The molecule has 2 aromatic carbocycles. The lowest BCUT2D eigenvalue weighted by Gasteiger charge is -2.10. The van der Waals surface area contributed by atoms with Crippen LogP contribution in [0.15, 0.2) is 42.5 Å². The van der Waals surface area contributed by atoms with Gasteiger partial charge in [-0.3, -0.25) is 0 Å². The average Bonchev–Trinajstić information content (AvgIpc) is 2.44. The summed E-state index contributed by atoms with van der Waals surface area (Å²) in [5, 5.41) is 3.36. The van der Waals surface area contributed by atoms with Gasteiger partial charge in [-0.15, -0.1) is 0 Å². The molecule has 0 aromatic heterocycles. The molecule has 0 aliphatic carbocycles. The lowest BCUT2D eigenvalue weighted by atomic mass is 10.1. The van der Waals surface area contributed by atoms with E-state index >= 15 is 0 Å². The molecule has 2 rings (SSSR count). The number of benzene rings is 2. The van der Waals surface area contributed by atoms with Gasteiger partial charge >= 0.3 is 6.61 Å². The maximum atomic E-state index is 12.0. The Morgan fingerprint density at radius 2 is 1.71 bits per heavy atom. The predicted molar refractivity (Wildman–Crippen MR) is 79.5 cm³/mol. The lowest BCUT2D eigenvalue weighted by Crippen LogP contribution is -2.13. The van der Waals surface area contributed by atoms with Gasteiger partial charge in [0.2, 0.25) is 0 Å². The topological polar surface area (TPSA) is 21.3 Å². The Morgan fingerprint density at radius 3 is 2.38 bits per heavy atom. The number of hydrogen-bond donors (Lipinski definition) is 1. The molecule has 0 fully saturated rings. The number of alkyl halides is 2. The standard InChI is InChI=1S/C17H19F2NO/c1-12-3-4-13(2)15(9-12)11-20-10-14-5-7-16(8-6-14)21-17(18)19/h3-9,17,20H,10-11H2,1-2H3. The van der Waals surface area contributed by atoms with Crippen LogP contribution in [-0.4, -0.2) is 6.61 Å². The van der Waals surface area contributed by atoms with E-state index in [1.807, 2.05) is 0 Å². The molecular weight excluding hydrogens is 272 g/mol. The van der Waals surface area contributed by atoms with E-state index in [1.54, 1.807) is 24.3 Å². The zero-order chi connectivity index (χ0) is 15.2. The lowest BCUT2D eigenvalue weighted by molar-refractivity contribution is -0.0498. The summed E-state index contributed by atoms with van der Waals surface area (Å²) in [6.45, 7) is 2.85. The third-order valence-corrected chi connectivity index (χ3v) is 3.30. The van der Waals surface area contributed by atoms with Gasteiger partial charge in [-0.05, 0) is 42.7 Å². The number of rotatable bonds is 6. The van der Waals surface area contributed by atoms with Crippen molar-refractivity contribution in [1.29, 1.82) is 0 Å². The van der Waals surface area contributed by atoms with E-state index < -0.39 is 6.61 Å². The molecule has 0 unspecified atom stereocenters. The fourth-order valence-corrected chi connectivity index (χ4v) is 2.12. The molecule has 2 aromatic rings. The van der Waals surface area contributed by atoms with Gasteiger partial charge in [-0.1, -0.05) is 35.9 Å². The first kappa shape index (κ1) is 15.4. The molecule has 0 radical (unpaired) electrons. The van der Waals surface area contributed by atoms with E-state index in [0.717, 1.165) is 12.1 Å². The summed E-state index contributed by atoms with van der Waals surface area (Å²) in [4.78, 5) is 0. The van der Waals surface area contributed by atoms with Crippen LogP contribution < -0.4 is 10.1 Å². The highest BCUT2D eigenvalue weighted by Gasteiger charge is 2.04. The van der Waals surface area contributed by atoms with Crippen molar-refractivity contribution in [1.82, 2.24) is 5.32 Å². The molecule has 0 atom stereocenters. The Balaban J connectivity index is 1.87. The van der Waals surface area contributed by atoms with Gasteiger partial charge in [-0.2, -0.15) is 8.78 Å². The normalized spacial score (nSPS) is 10.9. The van der Waals surface area contributed by atoms with E-state index in [9.17, 15) is 8.78 Å². The molecule has 0 heterocycles. The van der Waals surface area contributed by atoms with Crippen LogP contribution in [-0.2, 0) is 13.1 Å². The molecule has 0 aliphatic heterocycles. The Morgan fingerprint density at radius 1 is 1.00 bits per heavy atom.